The van der Waals surface area contributed by atoms with Crippen molar-refractivity contribution < 1.29 is 9.53 Å². The van der Waals surface area contributed by atoms with Crippen molar-refractivity contribution in [2.75, 3.05) is 13.7 Å². The second-order valence-electron chi connectivity index (χ2n) is 3.29. The van der Waals surface area contributed by atoms with Gasteiger partial charge in [-0.25, -0.2) is 0 Å². The third kappa shape index (κ3) is 3.09. The van der Waals surface area contributed by atoms with Gasteiger partial charge < -0.3 is 10.1 Å². The predicted molar refractivity (Wildman–Crippen MR) is 55.5 cm³/mol. The summed E-state index contributed by atoms with van der Waals surface area (Å²) in [7, 11) is 1.59. The number of likely N-dealkylation sites (N-methyl/N-ethyl adjacent to an activating group) is 1. The minimum Gasteiger partial charge on any atom is -0.484 e. The summed E-state index contributed by atoms with van der Waals surface area (Å²) in [5.74, 6) is 0.621. The van der Waals surface area contributed by atoms with E-state index in [4.69, 9.17) is 4.74 Å². The first-order chi connectivity index (χ1) is 6.61. The lowest BCUT2D eigenvalue weighted by Gasteiger charge is -2.06. The Balaban J connectivity index is 2.63. The summed E-state index contributed by atoms with van der Waals surface area (Å²) in [6, 6.07) is 5.89. The largest absolute Gasteiger partial charge is 0.484 e. The number of carbonyl (C=O) groups is 1. The quantitative estimate of drug-likeness (QED) is 0.788. The van der Waals surface area contributed by atoms with Crippen LogP contribution >= 0.6 is 0 Å². The molecule has 0 aliphatic heterocycles. The fourth-order valence-electron chi connectivity index (χ4n) is 1.24. The molecule has 76 valence electrons. The van der Waals surface area contributed by atoms with E-state index in [0.29, 0.717) is 0 Å². The molecule has 0 saturated heterocycles. The Labute approximate surface area is 84.1 Å². The standard InChI is InChI=1S/C11H15NO2/c1-8-4-9(2)6-10(5-8)14-7-11(13)12-3/h4-6H,7H2,1-3H3,(H,12,13). The van der Waals surface area contributed by atoms with E-state index in [-0.39, 0.29) is 12.5 Å². The summed E-state index contributed by atoms with van der Waals surface area (Å²) in [5.41, 5.74) is 2.27. The Hall–Kier alpha value is -1.51. The van der Waals surface area contributed by atoms with Gasteiger partial charge in [0.2, 0.25) is 0 Å². The van der Waals surface area contributed by atoms with Crippen molar-refractivity contribution >= 4 is 5.91 Å². The highest BCUT2D eigenvalue weighted by atomic mass is 16.5. The highest BCUT2D eigenvalue weighted by Crippen LogP contribution is 2.15. The lowest BCUT2D eigenvalue weighted by molar-refractivity contribution is -0.122. The number of hydrogen-bond donors (Lipinski definition) is 1. The zero-order chi connectivity index (χ0) is 10.6. The molecule has 3 heteroatoms. The highest BCUT2D eigenvalue weighted by molar-refractivity contribution is 5.77. The fraction of sp³-hybridized carbons (Fsp3) is 0.364. The van der Waals surface area contributed by atoms with Crippen LogP contribution in [0.3, 0.4) is 0 Å². The Morgan fingerprint density at radius 3 is 2.36 bits per heavy atom. The molecule has 0 aliphatic rings. The van der Waals surface area contributed by atoms with Crippen LogP contribution in [0.5, 0.6) is 5.75 Å². The molecule has 1 amide bonds. The van der Waals surface area contributed by atoms with E-state index >= 15 is 0 Å². The van der Waals surface area contributed by atoms with Gasteiger partial charge in [-0.3, -0.25) is 4.79 Å². The van der Waals surface area contributed by atoms with Crippen molar-refractivity contribution in [1.29, 1.82) is 0 Å². The number of hydrogen-bond acceptors (Lipinski definition) is 2. The van der Waals surface area contributed by atoms with Crippen LogP contribution in [0.25, 0.3) is 0 Å². The molecule has 14 heavy (non-hydrogen) atoms. The van der Waals surface area contributed by atoms with E-state index in [1.807, 2.05) is 26.0 Å². The molecular formula is C11H15NO2. The molecular weight excluding hydrogens is 178 g/mol. The summed E-state index contributed by atoms with van der Waals surface area (Å²) < 4.78 is 5.31. The van der Waals surface area contributed by atoms with E-state index in [1.54, 1.807) is 7.05 Å². The summed E-state index contributed by atoms with van der Waals surface area (Å²) in [4.78, 5) is 10.9. The van der Waals surface area contributed by atoms with E-state index in [1.165, 1.54) is 0 Å². The summed E-state index contributed by atoms with van der Waals surface area (Å²) in [6.07, 6.45) is 0. The van der Waals surface area contributed by atoms with E-state index in [9.17, 15) is 4.79 Å². The van der Waals surface area contributed by atoms with Crippen LogP contribution in [0.4, 0.5) is 0 Å². The molecule has 1 rings (SSSR count). The SMILES string of the molecule is CNC(=O)COc1cc(C)cc(C)c1. The normalized spacial score (nSPS) is 9.64. The van der Waals surface area contributed by atoms with Gasteiger partial charge >= 0.3 is 0 Å². The number of nitrogens with one attached hydrogen (secondary N) is 1. The van der Waals surface area contributed by atoms with Crippen molar-refractivity contribution in [3.8, 4) is 5.75 Å². The Kier molecular flexibility index (Phi) is 3.51. The molecule has 0 radical (unpaired) electrons. The van der Waals surface area contributed by atoms with Crippen LogP contribution in [0.2, 0.25) is 0 Å². The van der Waals surface area contributed by atoms with E-state index in [0.717, 1.165) is 16.9 Å². The van der Waals surface area contributed by atoms with Gasteiger partial charge in [-0.05, 0) is 37.1 Å². The smallest absolute Gasteiger partial charge is 0.257 e. The maximum Gasteiger partial charge on any atom is 0.257 e. The molecule has 0 unspecified atom stereocenters. The Bertz CT molecular complexity index is 314. The third-order valence-electron chi connectivity index (χ3n) is 1.84. The molecule has 3 nitrogen and oxygen atoms in total. The molecule has 0 aliphatic carbocycles. The van der Waals surface area contributed by atoms with Crippen molar-refractivity contribution in [2.24, 2.45) is 0 Å². The first-order valence-electron chi connectivity index (χ1n) is 4.53. The average Bonchev–Trinajstić information content (AvgIpc) is 2.12. The van der Waals surface area contributed by atoms with E-state index in [2.05, 4.69) is 11.4 Å². The number of benzene rings is 1. The summed E-state index contributed by atoms with van der Waals surface area (Å²) in [5, 5.41) is 2.50. The van der Waals surface area contributed by atoms with Crippen LogP contribution < -0.4 is 10.1 Å². The lowest BCUT2D eigenvalue weighted by Crippen LogP contribution is -2.24. The van der Waals surface area contributed by atoms with Gasteiger partial charge in [-0.1, -0.05) is 6.07 Å². The van der Waals surface area contributed by atoms with Gasteiger partial charge in [0, 0.05) is 7.05 Å². The molecule has 0 aromatic heterocycles. The minimum atomic E-state index is -0.121. The Morgan fingerprint density at radius 1 is 1.29 bits per heavy atom. The van der Waals surface area contributed by atoms with Crippen molar-refractivity contribution in [3.05, 3.63) is 29.3 Å². The number of amides is 1. The zero-order valence-electron chi connectivity index (χ0n) is 8.76. The monoisotopic (exact) mass is 193 g/mol. The van der Waals surface area contributed by atoms with Crippen molar-refractivity contribution in [2.45, 2.75) is 13.8 Å². The third-order valence-corrected chi connectivity index (χ3v) is 1.84. The first-order valence-corrected chi connectivity index (χ1v) is 4.53. The molecule has 0 fully saturated rings. The van der Waals surface area contributed by atoms with Crippen LogP contribution in [-0.4, -0.2) is 19.6 Å². The topological polar surface area (TPSA) is 38.3 Å². The predicted octanol–water partition coefficient (Wildman–Crippen LogP) is 1.43. The molecule has 1 N–H and O–H groups in total. The first kappa shape index (κ1) is 10.6. The van der Waals surface area contributed by atoms with Gasteiger partial charge in [-0.15, -0.1) is 0 Å². The van der Waals surface area contributed by atoms with Crippen LogP contribution in [0.15, 0.2) is 18.2 Å². The van der Waals surface area contributed by atoms with E-state index < -0.39 is 0 Å². The molecule has 1 aromatic carbocycles. The summed E-state index contributed by atoms with van der Waals surface area (Å²) >= 11 is 0. The second kappa shape index (κ2) is 4.65. The lowest BCUT2D eigenvalue weighted by atomic mass is 10.1. The van der Waals surface area contributed by atoms with Gasteiger partial charge in [0.25, 0.3) is 5.91 Å². The molecule has 0 atom stereocenters. The Morgan fingerprint density at radius 2 is 1.86 bits per heavy atom. The number of carbonyl (C=O) groups excluding carboxylic acids is 1. The average molecular weight is 193 g/mol. The fourth-order valence-corrected chi connectivity index (χ4v) is 1.24. The zero-order valence-corrected chi connectivity index (χ0v) is 8.76. The molecule has 0 spiro atoms. The maximum atomic E-state index is 10.9. The van der Waals surface area contributed by atoms with Gasteiger partial charge in [-0.2, -0.15) is 0 Å². The van der Waals surface area contributed by atoms with Crippen molar-refractivity contribution in [1.82, 2.24) is 5.32 Å². The molecule has 0 bridgehead atoms. The van der Waals surface area contributed by atoms with Crippen LogP contribution in [-0.2, 0) is 4.79 Å². The highest BCUT2D eigenvalue weighted by Gasteiger charge is 2.00. The molecule has 1 aromatic rings. The second-order valence-corrected chi connectivity index (χ2v) is 3.29. The van der Waals surface area contributed by atoms with Crippen LogP contribution in [0.1, 0.15) is 11.1 Å². The number of aryl methyl sites for hydroxylation is 2. The maximum absolute atomic E-state index is 10.9. The van der Waals surface area contributed by atoms with Gasteiger partial charge in [0.1, 0.15) is 5.75 Å². The summed E-state index contributed by atoms with van der Waals surface area (Å²) in [6.45, 7) is 4.07. The van der Waals surface area contributed by atoms with Crippen molar-refractivity contribution in [3.63, 3.8) is 0 Å². The van der Waals surface area contributed by atoms with Crippen LogP contribution in [0, 0.1) is 13.8 Å². The van der Waals surface area contributed by atoms with Gasteiger partial charge in [0.15, 0.2) is 6.61 Å². The molecule has 0 heterocycles. The minimum absolute atomic E-state index is 0.0688. The number of rotatable bonds is 3. The molecule has 0 saturated carbocycles. The van der Waals surface area contributed by atoms with Gasteiger partial charge in [0.05, 0.1) is 0 Å². The number of ether oxygens (including phenoxy) is 1.